The third kappa shape index (κ3) is 61.1. The van der Waals surface area contributed by atoms with Crippen LogP contribution < -0.4 is 5.32 Å². The number of hydrogen-bond donors (Lipinski definition) is 2. The maximum absolute atomic E-state index is 11.5. The Kier molecular flexibility index (Phi) is 37.5. The topological polar surface area (TPSA) is 111 Å². The van der Waals surface area contributed by atoms with E-state index < -0.39 is 6.10 Å². The van der Waals surface area contributed by atoms with Gasteiger partial charge in [-0.25, -0.2) is 0 Å². The summed E-state index contributed by atoms with van der Waals surface area (Å²) in [5, 5.41) is 12.4. The highest BCUT2D eigenvalue weighted by atomic mass is 32.2. The Morgan fingerprint density at radius 3 is 1.15 bits per heavy atom. The van der Waals surface area contributed by atoms with Gasteiger partial charge in [0.2, 0.25) is 5.91 Å². The van der Waals surface area contributed by atoms with Crippen LogP contribution in [-0.4, -0.2) is 83.4 Å². The lowest BCUT2D eigenvalue weighted by Gasteiger charge is -2.25. The van der Waals surface area contributed by atoms with Crippen LogP contribution in [0.2, 0.25) is 0 Å². The van der Waals surface area contributed by atoms with Crippen molar-refractivity contribution in [3.05, 3.63) is 0 Å². The van der Waals surface area contributed by atoms with Gasteiger partial charge in [0.15, 0.2) is 0 Å². The number of thioether (sulfide) groups is 1. The lowest BCUT2D eigenvalue weighted by Crippen LogP contribution is -2.35. The lowest BCUT2D eigenvalue weighted by molar-refractivity contribution is -0.128. The van der Waals surface area contributed by atoms with Gasteiger partial charge >= 0.3 is 0 Å². The first-order valence-electron chi connectivity index (χ1n) is 23.9. The van der Waals surface area contributed by atoms with Crippen LogP contribution in [0.25, 0.3) is 0 Å². The molecule has 2 N–H and O–H groups in total. The van der Waals surface area contributed by atoms with Gasteiger partial charge < -0.3 is 24.6 Å². The second kappa shape index (κ2) is 34.4. The molecule has 0 unspecified atom stereocenters. The number of aliphatic hydroxyl groups excluding tert-OH is 1. The summed E-state index contributed by atoms with van der Waals surface area (Å²) < 4.78 is 16.4. The molecule has 9 heteroatoms. The van der Waals surface area contributed by atoms with E-state index in [0.29, 0.717) is 48.8 Å². The molecule has 0 saturated heterocycles. The number of carbonyl (C=O) groups is 3. The average molecular weight is 890 g/mol. The normalized spacial score (nSPS) is 12.6. The van der Waals surface area contributed by atoms with E-state index in [1.54, 1.807) is 0 Å². The Morgan fingerprint density at radius 1 is 0.508 bits per heavy atom. The zero-order valence-corrected chi connectivity index (χ0v) is 45.6. The van der Waals surface area contributed by atoms with Crippen molar-refractivity contribution in [1.82, 2.24) is 5.32 Å². The largest absolute Gasteiger partial charge is 0.388 e. The van der Waals surface area contributed by atoms with Crippen molar-refractivity contribution in [1.29, 1.82) is 0 Å². The molecule has 0 aromatic heterocycles. The Morgan fingerprint density at radius 2 is 0.852 bits per heavy atom. The minimum absolute atomic E-state index is 0.0892. The van der Waals surface area contributed by atoms with Gasteiger partial charge in [0.1, 0.15) is 17.7 Å². The van der Waals surface area contributed by atoms with E-state index in [1.807, 2.05) is 111 Å². The molecule has 368 valence electrons. The number of Topliss-reactive ketones (excluding diaryl/α,β-unsaturated/α-hetero) is 2. The fourth-order valence-electron chi connectivity index (χ4n) is 4.88. The second-order valence-electron chi connectivity index (χ2n) is 23.8. The van der Waals surface area contributed by atoms with Crippen molar-refractivity contribution in [3.8, 4) is 0 Å². The van der Waals surface area contributed by atoms with Crippen LogP contribution in [0.15, 0.2) is 0 Å². The van der Waals surface area contributed by atoms with Gasteiger partial charge in [-0.2, -0.15) is 11.8 Å². The van der Waals surface area contributed by atoms with E-state index in [2.05, 4.69) is 58.6 Å². The fraction of sp³-hybridized carbons (Fsp3) is 0.942. The molecule has 0 aliphatic carbocycles. The van der Waals surface area contributed by atoms with Gasteiger partial charge in [0, 0.05) is 43.2 Å². The van der Waals surface area contributed by atoms with Gasteiger partial charge in [-0.05, 0) is 130 Å². The summed E-state index contributed by atoms with van der Waals surface area (Å²) in [6.07, 6.45) is 12.6. The Bertz CT molecular complexity index is 1020. The SMILES string of the molecule is CC(C)(C)CCCSCCCC(C)(C)C.CC(C)(C)OCC(O)COC(C)(C)C.CC(C)(C)OCCCNC(=O)C(C)(C)C.CC(C)C(=O)CCCCCCCC(=O)C(C)C. The third-order valence-corrected chi connectivity index (χ3v) is 9.96. The summed E-state index contributed by atoms with van der Waals surface area (Å²) >= 11 is 2.13. The molecule has 0 heterocycles. The van der Waals surface area contributed by atoms with Crippen molar-refractivity contribution in [2.75, 3.05) is 37.9 Å². The quantitative estimate of drug-likeness (QED) is 0.0922. The number of ether oxygens (including phenoxy) is 3. The second-order valence-corrected chi connectivity index (χ2v) is 25.0. The maximum Gasteiger partial charge on any atom is 0.225 e. The third-order valence-electron chi connectivity index (χ3n) is 8.81. The number of amides is 1. The molecule has 0 radical (unpaired) electrons. The Balaban J connectivity index is -0.000000356. The number of aliphatic hydroxyl groups is 1. The molecule has 0 bridgehead atoms. The van der Waals surface area contributed by atoms with Gasteiger partial charge in [0.05, 0.1) is 30.0 Å². The highest BCUT2D eigenvalue weighted by Gasteiger charge is 2.20. The number of nitrogens with one attached hydrogen (secondary N) is 1. The van der Waals surface area contributed by atoms with Gasteiger partial charge in [-0.1, -0.05) is 109 Å². The van der Waals surface area contributed by atoms with Crippen LogP contribution in [0.5, 0.6) is 0 Å². The smallest absolute Gasteiger partial charge is 0.225 e. The average Bonchev–Trinajstić information content (AvgIpc) is 3.06. The molecule has 1 amide bonds. The lowest BCUT2D eigenvalue weighted by atomic mass is 9.91. The highest BCUT2D eigenvalue weighted by molar-refractivity contribution is 7.99. The van der Waals surface area contributed by atoms with E-state index in [0.717, 1.165) is 51.4 Å². The Hall–Kier alpha value is -1.00. The van der Waals surface area contributed by atoms with Crippen LogP contribution in [-0.2, 0) is 28.6 Å². The molecule has 0 aromatic rings. The first-order valence-corrected chi connectivity index (χ1v) is 25.1. The predicted octanol–water partition coefficient (Wildman–Crippen LogP) is 13.9. The molecule has 61 heavy (non-hydrogen) atoms. The van der Waals surface area contributed by atoms with Crippen LogP contribution in [0.1, 0.15) is 229 Å². The van der Waals surface area contributed by atoms with Crippen molar-refractivity contribution in [2.45, 2.75) is 252 Å². The minimum atomic E-state index is -0.548. The summed E-state index contributed by atoms with van der Waals surface area (Å²) in [5.74, 6) is 3.90. The maximum atomic E-state index is 11.5. The van der Waals surface area contributed by atoms with Gasteiger partial charge in [-0.15, -0.1) is 0 Å². The van der Waals surface area contributed by atoms with Crippen LogP contribution >= 0.6 is 11.8 Å². The number of hydrogen-bond acceptors (Lipinski definition) is 8. The van der Waals surface area contributed by atoms with Gasteiger partial charge in [0.25, 0.3) is 0 Å². The number of carbonyl (C=O) groups excluding carboxylic acids is 3. The van der Waals surface area contributed by atoms with E-state index >= 15 is 0 Å². The number of ketones is 2. The van der Waals surface area contributed by atoms with Crippen LogP contribution in [0.4, 0.5) is 0 Å². The molecule has 0 aliphatic rings. The molecule has 0 aromatic carbocycles. The van der Waals surface area contributed by atoms with E-state index in [1.165, 1.54) is 37.2 Å². The van der Waals surface area contributed by atoms with E-state index in [4.69, 9.17) is 14.2 Å². The van der Waals surface area contributed by atoms with Crippen LogP contribution in [0, 0.1) is 28.1 Å². The van der Waals surface area contributed by atoms with E-state index in [-0.39, 0.29) is 40.0 Å². The van der Waals surface area contributed by atoms with Crippen molar-refractivity contribution in [3.63, 3.8) is 0 Å². The molecular formula is C52H107NO7S. The summed E-state index contributed by atoms with van der Waals surface area (Å²) in [4.78, 5) is 34.2. The van der Waals surface area contributed by atoms with Crippen LogP contribution in [0.3, 0.4) is 0 Å². The summed E-state index contributed by atoms with van der Waals surface area (Å²) in [6, 6.07) is 0. The monoisotopic (exact) mass is 890 g/mol. The molecule has 0 atom stereocenters. The zero-order chi connectivity index (χ0) is 48.7. The molecule has 0 aliphatic heterocycles. The molecule has 0 rings (SSSR count). The first kappa shape index (κ1) is 66.6. The molecule has 0 fully saturated rings. The molecule has 0 spiro atoms. The van der Waals surface area contributed by atoms with Crippen molar-refractivity contribution >= 4 is 29.2 Å². The first-order chi connectivity index (χ1) is 27.4. The number of unbranched alkanes of at least 4 members (excludes halogenated alkanes) is 4. The molecule has 8 nitrogen and oxygen atoms in total. The predicted molar refractivity (Wildman–Crippen MR) is 267 cm³/mol. The zero-order valence-electron chi connectivity index (χ0n) is 44.8. The van der Waals surface area contributed by atoms with Gasteiger partial charge in [-0.3, -0.25) is 14.4 Å². The Labute approximate surface area is 385 Å². The standard InChI is InChI=1S/C15H28O2.C14H30S.C12H25NO2.C11H24O3/c1-12(2)14(16)10-8-6-5-7-9-11-15(17)13(3)4;1-13(2,3)9-7-11-15-12-8-10-14(4,5)6;1-11(2,3)10(14)13-8-7-9-15-12(4,5)6;1-10(2,3)13-7-9(12)8-14-11(4,5)6/h12-13H,5-11H2,1-4H3;7-12H2,1-6H3;7-9H2,1-6H3,(H,13,14);9,12H,7-8H2,1-6H3. The fourth-order valence-corrected chi connectivity index (χ4v) is 5.78. The highest BCUT2D eigenvalue weighted by Crippen LogP contribution is 2.24. The van der Waals surface area contributed by atoms with Crippen molar-refractivity contribution in [2.24, 2.45) is 28.1 Å². The summed E-state index contributed by atoms with van der Waals surface area (Å²) in [5.41, 5.74) is 0.238. The van der Waals surface area contributed by atoms with Crippen molar-refractivity contribution < 1.29 is 33.7 Å². The summed E-state index contributed by atoms with van der Waals surface area (Å²) in [6.45, 7) is 47.4. The van der Waals surface area contributed by atoms with E-state index in [9.17, 15) is 19.5 Å². The summed E-state index contributed by atoms with van der Waals surface area (Å²) in [7, 11) is 0. The minimum Gasteiger partial charge on any atom is -0.388 e. The number of rotatable bonds is 24. The molecular weight excluding hydrogens is 783 g/mol. The molecule has 0 saturated carbocycles.